The van der Waals surface area contributed by atoms with Crippen LogP contribution in [0.15, 0.2) is 0 Å². The van der Waals surface area contributed by atoms with E-state index in [0.29, 0.717) is 37.8 Å². The van der Waals surface area contributed by atoms with Gasteiger partial charge in [0.1, 0.15) is 11.6 Å². The third kappa shape index (κ3) is 140. The van der Waals surface area contributed by atoms with Crippen LogP contribution >= 0.6 is 0 Å². The van der Waals surface area contributed by atoms with Gasteiger partial charge in [0.15, 0.2) is 0 Å². The summed E-state index contributed by atoms with van der Waals surface area (Å²) in [6, 6.07) is 0.407. The van der Waals surface area contributed by atoms with Gasteiger partial charge in [-0.3, -0.25) is 14.4 Å². The fraction of sp³-hybridized carbons (Fsp3) is 0.970. The lowest BCUT2D eigenvalue weighted by Crippen LogP contribution is -2.53. The standard InChI is InChI=1S/C11H24N2.C10H22N2.C9H21N.C8H19NO2.2C8H19NO.C7H17NO2.2C7H15NO.C7H17NO.C6H15NO.2C6H12O/c1-11(2,3)12-7-10-13-8-5-4-6-9-13;1-10(2,3)11-6-9-12-7-4-5-8-12;1-8(2,3)7-10-9(4,5)6;1-8(2,3)9-4-6-11-7-5-10;1-7(2,3)9-8(4,5)6-10;1-5-7(10)6-9-8(2,3)4;1-7(2,3)8-6(4-9)5-10;1-7(2,3)8-6-4-9-5-6;1-7(2,3)6(9)8(4)5;1-7(2,3)8-5-6-9-4;1-6(2,3)7-4-5-8;2*1-5(7)6(2,3)4/h12H,4-10H2,1-3H3;11H,4-9H2,1-3H3;10H,7H2,1-6H3;9-10H,4-7H2,1-3H3;9-10H,6H2,1-5H3;7,9-10H,5-6H2,1-4H3;6,8-10H,4-5H2,1-3H3;6,8H,4-5H2,1-3H3;1-5H3;8H,5-6H2,1-4H3;7-8H,4-5H2,1-3H3;2*1-4H3. The Hall–Kier alpha value is -2.03. The molecule has 25 nitrogen and oxygen atoms in total. The predicted octanol–water partition coefficient (Wildman–Crippen LogP) is 14.7. The average molecular weight is 1800 g/mol. The number of carbonyl (C=O) groups is 3. The molecule has 0 radical (unpaired) electrons. The molecule has 25 heteroatoms. The highest BCUT2D eigenvalue weighted by molar-refractivity contribution is 5.81. The van der Waals surface area contributed by atoms with E-state index in [9.17, 15) is 14.4 Å². The van der Waals surface area contributed by atoms with Crippen molar-refractivity contribution in [3.05, 3.63) is 0 Å². The number of aliphatic hydroxyl groups is 6. The smallest absolute Gasteiger partial charge is 0.227 e. The summed E-state index contributed by atoms with van der Waals surface area (Å²) in [5.74, 6) is 0.655. The third-order valence-electron chi connectivity index (χ3n) is 16.8. The quantitative estimate of drug-likeness (QED) is 0.0358. The number of hydrogen-bond acceptors (Lipinski definition) is 24. The Morgan fingerprint density at radius 2 is 0.744 bits per heavy atom. The van der Waals surface area contributed by atoms with Crippen LogP contribution in [-0.4, -0.2) is 314 Å². The molecule has 0 saturated carbocycles. The van der Waals surface area contributed by atoms with Crippen molar-refractivity contribution in [3.63, 3.8) is 0 Å². The average Bonchev–Trinajstić information content (AvgIpc) is 1.70. The Labute approximate surface area is 777 Å². The minimum atomic E-state index is -0.233. The number of amides is 1. The number of hydrogen-bond donors (Lipinski definition) is 16. The van der Waals surface area contributed by atoms with Crippen molar-refractivity contribution >= 4 is 17.5 Å². The molecular formula is C100H227N13O12. The maximum atomic E-state index is 11.1. The van der Waals surface area contributed by atoms with Crippen LogP contribution in [0.25, 0.3) is 0 Å². The zero-order chi connectivity index (χ0) is 101. The SMILES string of the molecule is CC(=O)C(C)(C)C.CC(=O)C(C)(C)C.CC(C)(C)CNC(C)(C)C.CC(C)(C)NC(C)(C)CO.CC(C)(C)NC(CO)CO.CC(C)(C)NC1COC1.CC(C)(C)NCCN1CCCC1.CC(C)(C)NCCN1CCCCC1.CC(C)(C)NCCO.CC(C)(C)NCCOCCO.CCC(O)CNC(C)(C)C.CN(C)C(=O)C(C)(C)C.COCCNC(C)(C)C. The number of rotatable bonds is 26. The molecule has 0 aliphatic carbocycles. The predicted molar refractivity (Wildman–Crippen MR) is 544 cm³/mol. The van der Waals surface area contributed by atoms with Crippen molar-refractivity contribution in [1.82, 2.24) is 67.9 Å². The second kappa shape index (κ2) is 72.4. The fourth-order valence-electron chi connectivity index (χ4n) is 9.51. The maximum absolute atomic E-state index is 11.1. The van der Waals surface area contributed by atoms with Crippen molar-refractivity contribution < 1.29 is 59.2 Å². The summed E-state index contributed by atoms with van der Waals surface area (Å²) in [5, 5.41) is 85.3. The molecule has 3 saturated heterocycles. The number of β-amino-alcohol motifs (C(OH)–C–C–N with tert-alkyl or cyclic N) is 2. The summed E-state index contributed by atoms with van der Waals surface area (Å²) in [4.78, 5) is 38.7. The van der Waals surface area contributed by atoms with Crippen molar-refractivity contribution in [3.8, 4) is 0 Å². The zero-order valence-corrected chi connectivity index (χ0v) is 92.7. The van der Waals surface area contributed by atoms with Crippen molar-refractivity contribution in [2.24, 2.45) is 21.7 Å². The molecule has 1 amide bonds. The molecule has 1 unspecified atom stereocenters. The van der Waals surface area contributed by atoms with Gasteiger partial charge in [-0.05, 0) is 299 Å². The summed E-state index contributed by atoms with van der Waals surface area (Å²) < 4.78 is 15.0. The first-order chi connectivity index (χ1) is 55.6. The summed E-state index contributed by atoms with van der Waals surface area (Å²) in [6.45, 7) is 115. The zero-order valence-electron chi connectivity index (χ0n) is 92.7. The normalized spacial score (nSPS) is 14.9. The Bertz CT molecular complexity index is 2390. The second-order valence-electron chi connectivity index (χ2n) is 48.8. The minimum Gasteiger partial charge on any atom is -0.395 e. The molecule has 0 spiro atoms. The molecule has 3 aliphatic heterocycles. The van der Waals surface area contributed by atoms with E-state index in [0.717, 1.165) is 59.0 Å². The van der Waals surface area contributed by atoms with Crippen LogP contribution in [0.5, 0.6) is 0 Å². The lowest BCUT2D eigenvalue weighted by molar-refractivity contribution is -0.136. The van der Waals surface area contributed by atoms with Gasteiger partial charge in [-0.25, -0.2) is 0 Å². The van der Waals surface area contributed by atoms with E-state index >= 15 is 0 Å². The van der Waals surface area contributed by atoms with Crippen LogP contribution in [0.4, 0.5) is 0 Å². The number of ether oxygens (including phenoxy) is 3. The number of ketones is 2. The monoisotopic (exact) mass is 1800 g/mol. The summed E-state index contributed by atoms with van der Waals surface area (Å²) in [6.07, 6.45) is 7.65. The van der Waals surface area contributed by atoms with Gasteiger partial charge >= 0.3 is 0 Å². The van der Waals surface area contributed by atoms with E-state index in [-0.39, 0.29) is 140 Å². The van der Waals surface area contributed by atoms with E-state index in [4.69, 9.17) is 44.8 Å². The first-order valence-electron chi connectivity index (χ1n) is 47.2. The maximum Gasteiger partial charge on any atom is 0.227 e. The van der Waals surface area contributed by atoms with E-state index in [1.807, 2.05) is 104 Å². The van der Waals surface area contributed by atoms with Crippen molar-refractivity contribution in [1.29, 1.82) is 0 Å². The number of carbonyl (C=O) groups excluding carboxylic acids is 3. The number of aliphatic hydroxyl groups excluding tert-OH is 6. The number of nitrogens with one attached hydrogen (secondary N) is 10. The molecule has 3 fully saturated rings. The van der Waals surface area contributed by atoms with Crippen LogP contribution < -0.4 is 53.2 Å². The summed E-state index contributed by atoms with van der Waals surface area (Å²) in [7, 11) is 5.26. The van der Waals surface area contributed by atoms with E-state index < -0.39 is 0 Å². The number of methoxy groups -OCH3 is 1. The fourth-order valence-corrected chi connectivity index (χ4v) is 9.51. The third-order valence-corrected chi connectivity index (χ3v) is 16.8. The molecule has 0 bridgehead atoms. The van der Waals surface area contributed by atoms with Crippen LogP contribution in [0.3, 0.4) is 0 Å². The van der Waals surface area contributed by atoms with Gasteiger partial charge in [0.25, 0.3) is 0 Å². The molecular weight excluding hydrogens is 1580 g/mol. The molecule has 0 aromatic heterocycles. The minimum absolute atomic E-state index is 0.0201. The molecule has 3 rings (SSSR count). The number of nitrogens with zero attached hydrogens (tertiary/aromatic N) is 3. The lowest BCUT2D eigenvalue weighted by Gasteiger charge is -2.33. The van der Waals surface area contributed by atoms with Gasteiger partial charge in [-0.2, -0.15) is 0 Å². The Balaban J connectivity index is -0.000000144. The van der Waals surface area contributed by atoms with Crippen LogP contribution in [0, 0.1) is 21.7 Å². The second-order valence-corrected chi connectivity index (χ2v) is 48.8. The van der Waals surface area contributed by atoms with Crippen LogP contribution in [-0.2, 0) is 28.6 Å². The largest absolute Gasteiger partial charge is 0.395 e. The number of Topliss-reactive ketones (excluding diaryl/α,β-unsaturated/α-hetero) is 2. The number of piperidine rings is 1. The Morgan fingerprint density at radius 3 is 0.928 bits per heavy atom. The van der Waals surface area contributed by atoms with E-state index in [1.165, 1.54) is 71.4 Å². The highest BCUT2D eigenvalue weighted by atomic mass is 16.5. The highest BCUT2D eigenvalue weighted by Crippen LogP contribution is 2.18. The van der Waals surface area contributed by atoms with Gasteiger partial charge < -0.3 is 113 Å². The topological polar surface area (TPSA) is 330 Å². The molecule has 0 aromatic carbocycles. The molecule has 125 heavy (non-hydrogen) atoms. The summed E-state index contributed by atoms with van der Waals surface area (Å²) in [5.41, 5.74) is 1.44. The molecule has 3 heterocycles. The van der Waals surface area contributed by atoms with Crippen molar-refractivity contribution in [2.45, 2.75) is 443 Å². The highest BCUT2D eigenvalue weighted by Gasteiger charge is 2.26. The molecule has 16 N–H and O–H groups in total. The number of likely N-dealkylation sites (tertiary alicyclic amines) is 2. The lowest BCUT2D eigenvalue weighted by atomic mass is 9.92. The first-order valence-corrected chi connectivity index (χ1v) is 47.2. The van der Waals surface area contributed by atoms with E-state index in [2.05, 4.69) is 271 Å². The summed E-state index contributed by atoms with van der Waals surface area (Å²) >= 11 is 0. The molecule has 0 aromatic rings. The molecule has 3 aliphatic rings. The Morgan fingerprint density at radius 1 is 0.416 bits per heavy atom. The van der Waals surface area contributed by atoms with Crippen LogP contribution in [0.2, 0.25) is 0 Å². The van der Waals surface area contributed by atoms with Gasteiger partial charge in [-0.1, -0.05) is 96.4 Å². The molecule has 1 atom stereocenters. The van der Waals surface area contributed by atoms with Crippen LogP contribution in [0.1, 0.15) is 364 Å². The van der Waals surface area contributed by atoms with Gasteiger partial charge in [0, 0.05) is 157 Å². The van der Waals surface area contributed by atoms with E-state index in [1.54, 1.807) is 40.0 Å². The molecule has 764 valence electrons. The van der Waals surface area contributed by atoms with Crippen molar-refractivity contribution in [2.75, 3.05) is 172 Å². The Kier molecular flexibility index (Phi) is 83.1. The van der Waals surface area contributed by atoms with Gasteiger partial charge in [0.2, 0.25) is 5.91 Å². The van der Waals surface area contributed by atoms with Gasteiger partial charge in [-0.15, -0.1) is 0 Å². The first kappa shape index (κ1) is 143. The van der Waals surface area contributed by atoms with Gasteiger partial charge in [0.05, 0.1) is 84.3 Å².